The number of amides is 1. The first-order valence-electron chi connectivity index (χ1n) is 7.85. The fourth-order valence-electron chi connectivity index (χ4n) is 3.28. The maximum Gasteiger partial charge on any atom is 0.226 e. The molecule has 22 heavy (non-hydrogen) atoms. The molecule has 0 saturated heterocycles. The molecule has 1 aromatic carbocycles. The van der Waals surface area contributed by atoms with Gasteiger partial charge in [0.25, 0.3) is 0 Å². The van der Waals surface area contributed by atoms with E-state index >= 15 is 0 Å². The summed E-state index contributed by atoms with van der Waals surface area (Å²) >= 11 is 1.71. The van der Waals surface area contributed by atoms with Crippen molar-refractivity contribution in [3.63, 3.8) is 0 Å². The summed E-state index contributed by atoms with van der Waals surface area (Å²) in [6, 6.07) is 8.17. The van der Waals surface area contributed by atoms with Crippen LogP contribution < -0.4 is 5.32 Å². The number of hydrogen-bond donors (Lipinski definition) is 1. The summed E-state index contributed by atoms with van der Waals surface area (Å²) < 4.78 is 6.22. The first-order valence-corrected chi connectivity index (χ1v) is 8.67. The quantitative estimate of drug-likeness (QED) is 0.832. The van der Waals surface area contributed by atoms with Crippen molar-refractivity contribution < 1.29 is 9.53 Å². The van der Waals surface area contributed by atoms with Gasteiger partial charge in [0.1, 0.15) is 0 Å². The fraction of sp³-hybridized carbons (Fsp3) is 0.529. The highest BCUT2D eigenvalue weighted by atomic mass is 32.1. The number of ether oxygens (including phenoxy) is 1. The fourth-order valence-corrected chi connectivity index (χ4v) is 4.39. The zero-order chi connectivity index (χ0) is 15.4. The number of benzene rings is 1. The summed E-state index contributed by atoms with van der Waals surface area (Å²) in [7, 11) is 1.65. The van der Waals surface area contributed by atoms with Crippen molar-refractivity contribution in [3.8, 4) is 0 Å². The molecule has 1 saturated carbocycles. The minimum Gasteiger partial charge on any atom is -0.383 e. The average molecular weight is 318 g/mol. The lowest BCUT2D eigenvalue weighted by atomic mass is 9.82. The lowest BCUT2D eigenvalue weighted by Crippen LogP contribution is -2.42. The number of para-hydroxylation sites is 1. The molecule has 1 fully saturated rings. The monoisotopic (exact) mass is 318 g/mol. The molecule has 4 nitrogen and oxygen atoms in total. The maximum absolute atomic E-state index is 12.7. The first kappa shape index (κ1) is 15.4. The second-order valence-electron chi connectivity index (χ2n) is 5.99. The Balaban J connectivity index is 1.77. The number of hydrogen-bond acceptors (Lipinski definition) is 4. The summed E-state index contributed by atoms with van der Waals surface area (Å²) in [4.78, 5) is 17.4. The largest absolute Gasteiger partial charge is 0.383 e. The number of nitrogens with one attached hydrogen (secondary N) is 1. The third kappa shape index (κ3) is 3.15. The lowest BCUT2D eigenvalue weighted by molar-refractivity contribution is -0.131. The van der Waals surface area contributed by atoms with Gasteiger partial charge in [-0.15, -0.1) is 11.3 Å². The molecule has 0 unspecified atom stereocenters. The van der Waals surface area contributed by atoms with Gasteiger partial charge in [-0.25, -0.2) is 4.98 Å². The van der Waals surface area contributed by atoms with Crippen LogP contribution in [0, 0.1) is 5.41 Å². The van der Waals surface area contributed by atoms with Crippen molar-refractivity contribution in [1.29, 1.82) is 0 Å². The molecular formula is C17H22N2O2S. The van der Waals surface area contributed by atoms with E-state index in [0.717, 1.165) is 42.6 Å². The van der Waals surface area contributed by atoms with Gasteiger partial charge in [-0.1, -0.05) is 25.0 Å². The Labute approximate surface area is 134 Å². The van der Waals surface area contributed by atoms with Gasteiger partial charge in [-0.3, -0.25) is 4.79 Å². The van der Waals surface area contributed by atoms with Gasteiger partial charge in [0.15, 0.2) is 0 Å². The second kappa shape index (κ2) is 6.75. The Morgan fingerprint density at radius 2 is 2.14 bits per heavy atom. The molecule has 1 aromatic heterocycles. The van der Waals surface area contributed by atoms with E-state index in [9.17, 15) is 4.79 Å². The molecule has 2 aromatic rings. The van der Waals surface area contributed by atoms with Gasteiger partial charge < -0.3 is 10.1 Å². The smallest absolute Gasteiger partial charge is 0.226 e. The van der Waals surface area contributed by atoms with Crippen LogP contribution in [0.3, 0.4) is 0 Å². The van der Waals surface area contributed by atoms with Gasteiger partial charge in [0.2, 0.25) is 5.91 Å². The summed E-state index contributed by atoms with van der Waals surface area (Å²) in [6.45, 7) is 1.14. The molecular weight excluding hydrogens is 296 g/mol. The van der Waals surface area contributed by atoms with E-state index in [4.69, 9.17) is 9.72 Å². The van der Waals surface area contributed by atoms with Crippen LogP contribution in [0.15, 0.2) is 24.3 Å². The zero-order valence-corrected chi connectivity index (χ0v) is 13.7. The molecule has 0 aliphatic heterocycles. The van der Waals surface area contributed by atoms with Gasteiger partial charge in [0.05, 0.1) is 27.2 Å². The Morgan fingerprint density at radius 1 is 1.36 bits per heavy atom. The number of carbonyl (C=O) groups is 1. The van der Waals surface area contributed by atoms with Crippen LogP contribution in [0.4, 0.5) is 0 Å². The van der Waals surface area contributed by atoms with Crippen LogP contribution in [-0.4, -0.2) is 31.2 Å². The lowest BCUT2D eigenvalue weighted by Gasteiger charge is -2.26. The van der Waals surface area contributed by atoms with Crippen LogP contribution in [-0.2, 0) is 16.0 Å². The molecule has 5 heteroatoms. The van der Waals surface area contributed by atoms with Gasteiger partial charge >= 0.3 is 0 Å². The molecule has 1 heterocycles. The van der Waals surface area contributed by atoms with Crippen LogP contribution in [0.1, 0.15) is 30.7 Å². The maximum atomic E-state index is 12.7. The second-order valence-corrected chi connectivity index (χ2v) is 7.10. The summed E-state index contributed by atoms with van der Waals surface area (Å²) in [5.41, 5.74) is 0.761. The Kier molecular flexibility index (Phi) is 4.74. The minimum absolute atomic E-state index is 0.168. The molecule has 118 valence electrons. The molecule has 1 N–H and O–H groups in total. The minimum atomic E-state index is -0.276. The molecule has 0 radical (unpaired) electrons. The number of aromatic nitrogens is 1. The number of thiazole rings is 1. The number of fused-ring (bicyclic) bond motifs is 1. The molecule has 1 aliphatic rings. The standard InChI is InChI=1S/C17H22N2O2S/c1-21-11-10-18-16(20)17(8-4-5-9-17)12-15-19-13-6-2-3-7-14(13)22-15/h2-3,6-7H,4-5,8-12H2,1H3,(H,18,20). The van der Waals surface area contributed by atoms with Crippen LogP contribution in [0.25, 0.3) is 10.2 Å². The number of methoxy groups -OCH3 is 1. The predicted octanol–water partition coefficient (Wildman–Crippen LogP) is 3.16. The summed E-state index contributed by atoms with van der Waals surface area (Å²) in [6.07, 6.45) is 4.93. The number of carbonyl (C=O) groups excluding carboxylic acids is 1. The van der Waals surface area contributed by atoms with E-state index in [1.807, 2.05) is 18.2 Å². The average Bonchev–Trinajstić information content (AvgIpc) is 3.14. The molecule has 0 spiro atoms. The van der Waals surface area contributed by atoms with Crippen LogP contribution >= 0.6 is 11.3 Å². The van der Waals surface area contributed by atoms with E-state index in [0.29, 0.717) is 13.2 Å². The Bertz CT molecular complexity index is 614. The van der Waals surface area contributed by atoms with E-state index in [1.54, 1.807) is 18.4 Å². The van der Waals surface area contributed by atoms with Crippen molar-refractivity contribution in [1.82, 2.24) is 10.3 Å². The number of rotatable bonds is 6. The Hall–Kier alpha value is -1.46. The first-order chi connectivity index (χ1) is 10.7. The topological polar surface area (TPSA) is 51.2 Å². The molecule has 1 amide bonds. The number of nitrogens with zero attached hydrogens (tertiary/aromatic N) is 1. The Morgan fingerprint density at radius 3 is 2.86 bits per heavy atom. The van der Waals surface area contributed by atoms with Crippen molar-refractivity contribution in [3.05, 3.63) is 29.3 Å². The highest BCUT2D eigenvalue weighted by Crippen LogP contribution is 2.42. The van der Waals surface area contributed by atoms with Crippen LogP contribution in [0.2, 0.25) is 0 Å². The van der Waals surface area contributed by atoms with Crippen molar-refractivity contribution in [2.75, 3.05) is 20.3 Å². The van der Waals surface area contributed by atoms with Crippen molar-refractivity contribution >= 4 is 27.5 Å². The van der Waals surface area contributed by atoms with Gasteiger partial charge in [-0.2, -0.15) is 0 Å². The highest BCUT2D eigenvalue weighted by Gasteiger charge is 2.41. The highest BCUT2D eigenvalue weighted by molar-refractivity contribution is 7.18. The van der Waals surface area contributed by atoms with Gasteiger partial charge in [0, 0.05) is 20.1 Å². The van der Waals surface area contributed by atoms with Crippen molar-refractivity contribution in [2.45, 2.75) is 32.1 Å². The van der Waals surface area contributed by atoms with E-state index in [-0.39, 0.29) is 11.3 Å². The third-order valence-electron chi connectivity index (χ3n) is 4.46. The van der Waals surface area contributed by atoms with E-state index in [1.165, 1.54) is 4.70 Å². The third-order valence-corrected chi connectivity index (χ3v) is 5.50. The van der Waals surface area contributed by atoms with Crippen LogP contribution in [0.5, 0.6) is 0 Å². The van der Waals surface area contributed by atoms with E-state index < -0.39 is 0 Å². The summed E-state index contributed by atoms with van der Waals surface area (Å²) in [5.74, 6) is 0.168. The van der Waals surface area contributed by atoms with Gasteiger partial charge in [-0.05, 0) is 25.0 Å². The zero-order valence-electron chi connectivity index (χ0n) is 12.9. The molecule has 3 rings (SSSR count). The normalized spacial score (nSPS) is 17.0. The van der Waals surface area contributed by atoms with E-state index in [2.05, 4.69) is 11.4 Å². The summed E-state index contributed by atoms with van der Waals surface area (Å²) in [5, 5.41) is 4.11. The SMILES string of the molecule is COCCNC(=O)C1(Cc2nc3ccccc3s2)CCCC1. The molecule has 1 aliphatic carbocycles. The molecule has 0 atom stereocenters. The molecule has 0 bridgehead atoms. The van der Waals surface area contributed by atoms with Crippen molar-refractivity contribution in [2.24, 2.45) is 5.41 Å². The predicted molar refractivity (Wildman–Crippen MR) is 89.1 cm³/mol.